The molecule has 1 aliphatic rings. The third-order valence-electron chi connectivity index (χ3n) is 4.90. The zero-order chi connectivity index (χ0) is 23.8. The van der Waals surface area contributed by atoms with Crippen molar-refractivity contribution in [3.8, 4) is 0 Å². The van der Waals surface area contributed by atoms with E-state index in [9.17, 15) is 23.6 Å². The number of carboxylic acid groups (broad SMARTS) is 1. The Morgan fingerprint density at radius 1 is 1.06 bits per heavy atom. The molecule has 0 radical (unpaired) electrons. The fourth-order valence-electron chi connectivity index (χ4n) is 3.38. The number of hydrogen-bond acceptors (Lipinski definition) is 9. The van der Waals surface area contributed by atoms with Gasteiger partial charge in [-0.05, 0) is 19.8 Å². The number of ether oxygens (including phenoxy) is 5. The van der Waals surface area contributed by atoms with Crippen LogP contribution in [0, 0.1) is 5.92 Å². The summed E-state index contributed by atoms with van der Waals surface area (Å²) in [6, 6.07) is 0. The molecule has 10 nitrogen and oxygen atoms in total. The van der Waals surface area contributed by atoms with Gasteiger partial charge in [-0.25, -0.2) is 14.0 Å². The van der Waals surface area contributed by atoms with Crippen LogP contribution in [0.4, 0.5) is 4.39 Å². The van der Waals surface area contributed by atoms with Crippen molar-refractivity contribution in [3.63, 3.8) is 0 Å². The number of carboxylic acids is 1. The largest absolute Gasteiger partial charge is 0.478 e. The minimum atomic E-state index is -3.21. The lowest BCUT2D eigenvalue weighted by Crippen LogP contribution is -2.57. The lowest BCUT2D eigenvalue weighted by Gasteiger charge is -2.44. The molecular weight excluding hydrogens is 419 g/mol. The molecule has 0 aromatic heterocycles. The van der Waals surface area contributed by atoms with Gasteiger partial charge in [0, 0.05) is 26.2 Å². The molecule has 0 aromatic rings. The molecule has 1 fully saturated rings. The fraction of sp³-hybridized carbons (Fsp3) is 0.800. The quantitative estimate of drug-likeness (QED) is 0.215. The summed E-state index contributed by atoms with van der Waals surface area (Å²) < 4.78 is 41.2. The van der Waals surface area contributed by atoms with Gasteiger partial charge in [0.25, 0.3) is 0 Å². The number of carbonyl (C=O) groups is 4. The second-order valence-electron chi connectivity index (χ2n) is 7.26. The van der Waals surface area contributed by atoms with Gasteiger partial charge in [-0.2, -0.15) is 0 Å². The Balaban J connectivity index is 2.89. The first-order valence-corrected chi connectivity index (χ1v) is 10.2. The van der Waals surface area contributed by atoms with Crippen LogP contribution in [0.3, 0.4) is 0 Å². The summed E-state index contributed by atoms with van der Waals surface area (Å²) in [5, 5.41) is 9.09. The van der Waals surface area contributed by atoms with Crippen LogP contribution in [0.15, 0.2) is 0 Å². The molecule has 1 saturated heterocycles. The lowest BCUT2D eigenvalue weighted by atomic mass is 9.89. The highest BCUT2D eigenvalue weighted by Gasteiger charge is 2.49. The van der Waals surface area contributed by atoms with Crippen LogP contribution in [0.2, 0.25) is 0 Å². The maximum atomic E-state index is 14.6. The van der Waals surface area contributed by atoms with Crippen LogP contribution in [-0.2, 0) is 42.9 Å². The Morgan fingerprint density at radius 2 is 1.65 bits per heavy atom. The number of rotatable bonds is 11. The predicted octanol–water partition coefficient (Wildman–Crippen LogP) is 1.77. The van der Waals surface area contributed by atoms with Crippen molar-refractivity contribution >= 4 is 23.9 Å². The normalized spacial score (nSPS) is 27.6. The van der Waals surface area contributed by atoms with Crippen molar-refractivity contribution < 1.29 is 52.4 Å². The van der Waals surface area contributed by atoms with Gasteiger partial charge in [-0.1, -0.05) is 13.8 Å². The third kappa shape index (κ3) is 7.13. The molecule has 1 heterocycles. The highest BCUT2D eigenvalue weighted by Crippen LogP contribution is 2.33. The first kappa shape index (κ1) is 26.8. The molecule has 1 aliphatic heterocycles. The number of aliphatic carboxylic acids is 1. The highest BCUT2D eigenvalue weighted by molar-refractivity contribution is 6.02. The van der Waals surface area contributed by atoms with Crippen LogP contribution in [-0.4, -0.2) is 72.5 Å². The van der Waals surface area contributed by atoms with Crippen molar-refractivity contribution in [3.05, 3.63) is 0 Å². The number of halogens is 1. The molecule has 1 rings (SSSR count). The molecule has 0 amide bonds. The van der Waals surface area contributed by atoms with Crippen LogP contribution in [0.5, 0.6) is 0 Å². The third-order valence-corrected chi connectivity index (χ3v) is 4.90. The van der Waals surface area contributed by atoms with E-state index in [1.165, 1.54) is 20.8 Å². The SMILES string of the molecule is CCOC(=O)C(F)(CCCOC1O[C@H](CC)[C@@H](C)[C@H](OC(C)=O)[C@@H]1OC(C)=O)C(=O)O. The number of alkyl halides is 1. The first-order valence-electron chi connectivity index (χ1n) is 10.2. The maximum absolute atomic E-state index is 14.6. The molecule has 2 unspecified atom stereocenters. The zero-order valence-electron chi connectivity index (χ0n) is 18.4. The van der Waals surface area contributed by atoms with Gasteiger partial charge in [0.05, 0.1) is 19.3 Å². The minimum Gasteiger partial charge on any atom is -0.478 e. The highest BCUT2D eigenvalue weighted by atomic mass is 19.1. The van der Waals surface area contributed by atoms with E-state index in [0.717, 1.165) is 0 Å². The summed E-state index contributed by atoms with van der Waals surface area (Å²) in [6.45, 7) is 7.12. The van der Waals surface area contributed by atoms with Gasteiger partial charge in [-0.3, -0.25) is 9.59 Å². The van der Waals surface area contributed by atoms with Gasteiger partial charge in [0.2, 0.25) is 0 Å². The van der Waals surface area contributed by atoms with E-state index < -0.39 is 54.5 Å². The summed E-state index contributed by atoms with van der Waals surface area (Å²) >= 11 is 0. The standard InChI is InChI=1S/C20H31FO10/c1-6-14-11(3)15(29-12(4)22)16(30-13(5)23)17(31-14)28-10-8-9-20(21,18(24)25)19(26)27-7-2/h11,14-17H,6-10H2,1-5H3,(H,24,25)/t11-,14-,15+,16+,17?,20?/m1/s1. The molecule has 0 bridgehead atoms. The van der Waals surface area contributed by atoms with E-state index in [1.807, 2.05) is 6.92 Å². The first-order chi connectivity index (χ1) is 14.5. The number of esters is 3. The van der Waals surface area contributed by atoms with Gasteiger partial charge in [0.15, 0.2) is 12.4 Å². The van der Waals surface area contributed by atoms with Crippen LogP contribution >= 0.6 is 0 Å². The molecule has 11 heteroatoms. The average Bonchev–Trinajstić information content (AvgIpc) is 2.68. The van der Waals surface area contributed by atoms with Crippen molar-refractivity contribution in [2.45, 2.75) is 84.2 Å². The molecule has 0 saturated carbocycles. The van der Waals surface area contributed by atoms with E-state index in [2.05, 4.69) is 4.74 Å². The van der Waals surface area contributed by atoms with Gasteiger partial charge < -0.3 is 28.8 Å². The minimum absolute atomic E-state index is 0.164. The number of hydrogen-bond donors (Lipinski definition) is 1. The molecular formula is C20H31FO10. The lowest BCUT2D eigenvalue weighted by molar-refractivity contribution is -0.290. The molecule has 178 valence electrons. The molecule has 31 heavy (non-hydrogen) atoms. The van der Waals surface area contributed by atoms with Gasteiger partial charge >= 0.3 is 29.5 Å². The Hall–Kier alpha value is -2.27. The Labute approximate surface area is 180 Å². The Kier molecular flexibility index (Phi) is 10.3. The monoisotopic (exact) mass is 450 g/mol. The van der Waals surface area contributed by atoms with Crippen LogP contribution in [0.1, 0.15) is 53.9 Å². The average molecular weight is 450 g/mol. The summed E-state index contributed by atoms with van der Waals surface area (Å²) in [5.41, 5.74) is -3.21. The maximum Gasteiger partial charge on any atom is 0.355 e. The Bertz CT molecular complexity index is 654. The van der Waals surface area contributed by atoms with Crippen molar-refractivity contribution in [1.82, 2.24) is 0 Å². The van der Waals surface area contributed by atoms with Crippen molar-refractivity contribution in [2.75, 3.05) is 13.2 Å². The molecule has 0 aliphatic carbocycles. The second kappa shape index (κ2) is 11.9. The fourth-order valence-corrected chi connectivity index (χ4v) is 3.38. The van der Waals surface area contributed by atoms with E-state index in [4.69, 9.17) is 24.1 Å². The Morgan fingerprint density at radius 3 is 2.13 bits per heavy atom. The topological polar surface area (TPSA) is 135 Å². The van der Waals surface area contributed by atoms with E-state index in [1.54, 1.807) is 6.92 Å². The molecule has 0 aromatic carbocycles. The van der Waals surface area contributed by atoms with Crippen molar-refractivity contribution in [2.24, 2.45) is 5.92 Å². The zero-order valence-corrected chi connectivity index (χ0v) is 18.4. The smallest absolute Gasteiger partial charge is 0.355 e. The van der Waals surface area contributed by atoms with Gasteiger partial charge in [-0.15, -0.1) is 0 Å². The summed E-state index contributed by atoms with van der Waals surface area (Å²) in [5.74, 6) is -4.94. The van der Waals surface area contributed by atoms with E-state index in [0.29, 0.717) is 6.42 Å². The van der Waals surface area contributed by atoms with E-state index in [-0.39, 0.29) is 31.7 Å². The number of carbonyl (C=O) groups excluding carboxylic acids is 3. The van der Waals surface area contributed by atoms with Crippen LogP contribution < -0.4 is 0 Å². The van der Waals surface area contributed by atoms with E-state index >= 15 is 0 Å². The second-order valence-corrected chi connectivity index (χ2v) is 7.26. The summed E-state index contributed by atoms with van der Waals surface area (Å²) in [4.78, 5) is 46.0. The molecule has 0 spiro atoms. The molecule has 1 N–H and O–H groups in total. The summed E-state index contributed by atoms with van der Waals surface area (Å²) in [7, 11) is 0. The van der Waals surface area contributed by atoms with Crippen molar-refractivity contribution in [1.29, 1.82) is 0 Å². The van der Waals surface area contributed by atoms with Crippen LogP contribution in [0.25, 0.3) is 0 Å². The van der Waals surface area contributed by atoms with Gasteiger partial charge in [0.1, 0.15) is 6.10 Å². The molecule has 6 atom stereocenters. The summed E-state index contributed by atoms with van der Waals surface area (Å²) in [6.07, 6.45) is -3.70. The predicted molar refractivity (Wildman–Crippen MR) is 103 cm³/mol.